The fraction of sp³-hybridized carbons (Fsp3) is 0.548. The molecule has 4 unspecified atom stereocenters. The second-order valence-electron chi connectivity index (χ2n) is 10.3. The highest BCUT2D eigenvalue weighted by atomic mass is 14.4. The zero-order valence-corrected chi connectivity index (χ0v) is 19.9. The zero-order chi connectivity index (χ0) is 21.5. The summed E-state index contributed by atoms with van der Waals surface area (Å²) in [6.07, 6.45) is 19.8. The highest BCUT2D eigenvalue weighted by Crippen LogP contribution is 2.48. The number of fused-ring (bicyclic) bond motifs is 1. The summed E-state index contributed by atoms with van der Waals surface area (Å²) in [5, 5.41) is 0. The molecule has 4 atom stereocenters. The second kappa shape index (κ2) is 11.2. The number of hydrogen-bond acceptors (Lipinski definition) is 0. The van der Waals surface area contributed by atoms with Gasteiger partial charge in [0.05, 0.1) is 0 Å². The monoisotopic (exact) mass is 414 g/mol. The van der Waals surface area contributed by atoms with Crippen LogP contribution >= 0.6 is 0 Å². The molecule has 2 saturated carbocycles. The van der Waals surface area contributed by atoms with Crippen LogP contribution in [0.3, 0.4) is 0 Å². The maximum absolute atomic E-state index is 2.42. The van der Waals surface area contributed by atoms with Gasteiger partial charge in [-0.1, -0.05) is 93.3 Å². The molecule has 0 radical (unpaired) electrons. The van der Waals surface area contributed by atoms with Crippen LogP contribution < -0.4 is 0 Å². The Morgan fingerprint density at radius 1 is 0.806 bits per heavy atom. The summed E-state index contributed by atoms with van der Waals surface area (Å²) in [5.74, 6) is 3.84. The average Bonchev–Trinajstić information content (AvgIpc) is 2.83. The van der Waals surface area contributed by atoms with Crippen molar-refractivity contribution < 1.29 is 0 Å². The highest BCUT2D eigenvalue weighted by molar-refractivity contribution is 5.64. The Hall–Kier alpha value is -1.82. The molecule has 0 heteroatoms. The van der Waals surface area contributed by atoms with Crippen LogP contribution in [-0.4, -0.2) is 0 Å². The lowest BCUT2D eigenvalue weighted by Crippen LogP contribution is -2.30. The van der Waals surface area contributed by atoms with Crippen LogP contribution in [-0.2, 0) is 6.42 Å². The lowest BCUT2D eigenvalue weighted by atomic mass is 9.63. The van der Waals surface area contributed by atoms with Crippen molar-refractivity contribution in [1.82, 2.24) is 0 Å². The molecule has 0 aliphatic heterocycles. The lowest BCUT2D eigenvalue weighted by molar-refractivity contribution is 0.113. The molecule has 0 amide bonds. The van der Waals surface area contributed by atoms with Crippen molar-refractivity contribution in [3.05, 3.63) is 71.8 Å². The number of aryl methyl sites for hydroxylation is 1. The van der Waals surface area contributed by atoms with Crippen molar-refractivity contribution in [3.8, 4) is 11.1 Å². The Kier molecular flexibility index (Phi) is 8.06. The fourth-order valence-electron chi connectivity index (χ4n) is 6.27. The Morgan fingerprint density at radius 3 is 2.19 bits per heavy atom. The van der Waals surface area contributed by atoms with E-state index in [1.807, 2.05) is 0 Å². The largest absolute Gasteiger partial charge is 0.0917 e. The summed E-state index contributed by atoms with van der Waals surface area (Å²) >= 11 is 0. The van der Waals surface area contributed by atoms with E-state index in [0.29, 0.717) is 0 Å². The van der Waals surface area contributed by atoms with Crippen LogP contribution in [0.15, 0.2) is 60.7 Å². The van der Waals surface area contributed by atoms with Gasteiger partial charge in [0.2, 0.25) is 0 Å². The molecular weight excluding hydrogens is 372 g/mol. The van der Waals surface area contributed by atoms with Gasteiger partial charge in [-0.25, -0.2) is 0 Å². The molecule has 2 aliphatic rings. The van der Waals surface area contributed by atoms with Crippen LogP contribution in [0, 0.1) is 17.8 Å². The zero-order valence-electron chi connectivity index (χ0n) is 19.9. The summed E-state index contributed by atoms with van der Waals surface area (Å²) < 4.78 is 0. The van der Waals surface area contributed by atoms with Gasteiger partial charge in [-0.05, 0) is 97.8 Å². The molecule has 31 heavy (non-hydrogen) atoms. The van der Waals surface area contributed by atoms with Gasteiger partial charge in [-0.15, -0.1) is 0 Å². The molecule has 2 aromatic carbocycles. The minimum atomic E-state index is 0.788. The normalized spacial score (nSPS) is 26.1. The van der Waals surface area contributed by atoms with Crippen LogP contribution in [0.25, 0.3) is 11.1 Å². The molecule has 0 heterocycles. The van der Waals surface area contributed by atoms with E-state index in [2.05, 4.69) is 74.5 Å². The van der Waals surface area contributed by atoms with Crippen molar-refractivity contribution in [3.63, 3.8) is 0 Å². The van der Waals surface area contributed by atoms with Crippen molar-refractivity contribution in [2.75, 3.05) is 0 Å². The van der Waals surface area contributed by atoms with Gasteiger partial charge < -0.3 is 0 Å². The van der Waals surface area contributed by atoms with Crippen LogP contribution in [0.2, 0.25) is 0 Å². The topological polar surface area (TPSA) is 0 Å². The van der Waals surface area contributed by atoms with Gasteiger partial charge >= 0.3 is 0 Å². The van der Waals surface area contributed by atoms with Gasteiger partial charge in [0.1, 0.15) is 0 Å². The summed E-state index contributed by atoms with van der Waals surface area (Å²) in [6, 6.07) is 18.7. The van der Waals surface area contributed by atoms with Gasteiger partial charge in [-0.3, -0.25) is 0 Å². The molecule has 0 N–H and O–H groups in total. The standard InChI is InChI=1S/C31H42/c1-3-5-7-9-24-10-13-26(14-11-24)27-16-18-28(19-17-27)30-21-20-29-22-25(8-6-4-2)12-15-31(29)23-30/h3,5,10-11,13-14,16-19,25,29-31H,4,6-9,12,15,20-23H2,1-2H3. The number of hydrogen-bond donors (Lipinski definition) is 0. The van der Waals surface area contributed by atoms with Crippen molar-refractivity contribution in [2.45, 2.75) is 90.4 Å². The Bertz CT molecular complexity index is 810. The van der Waals surface area contributed by atoms with E-state index in [4.69, 9.17) is 0 Å². The third kappa shape index (κ3) is 5.91. The summed E-state index contributed by atoms with van der Waals surface area (Å²) in [7, 11) is 0. The Labute approximate surface area is 191 Å². The average molecular weight is 415 g/mol. The number of unbranched alkanes of at least 4 members (excludes halogenated alkanes) is 1. The first-order chi connectivity index (χ1) is 15.3. The van der Waals surface area contributed by atoms with Crippen LogP contribution in [0.1, 0.15) is 95.1 Å². The SMILES string of the molecule is CC=CCCc1ccc(-c2ccc(C3CCC4CC(CCCC)CCC4C3)cc2)cc1. The van der Waals surface area contributed by atoms with Crippen molar-refractivity contribution in [2.24, 2.45) is 17.8 Å². The molecule has 0 spiro atoms. The predicted molar refractivity (Wildman–Crippen MR) is 135 cm³/mol. The van der Waals surface area contributed by atoms with Gasteiger partial charge in [-0.2, -0.15) is 0 Å². The van der Waals surface area contributed by atoms with Crippen molar-refractivity contribution >= 4 is 0 Å². The van der Waals surface area contributed by atoms with Crippen LogP contribution in [0.5, 0.6) is 0 Å². The molecule has 2 aliphatic carbocycles. The summed E-state index contributed by atoms with van der Waals surface area (Å²) in [4.78, 5) is 0. The fourth-order valence-corrected chi connectivity index (χ4v) is 6.27. The molecule has 0 nitrogen and oxygen atoms in total. The maximum atomic E-state index is 2.42. The van der Waals surface area contributed by atoms with Gasteiger partial charge in [0.25, 0.3) is 0 Å². The first kappa shape index (κ1) is 22.4. The minimum Gasteiger partial charge on any atom is -0.0917 e. The molecule has 0 aromatic heterocycles. The van der Waals surface area contributed by atoms with Gasteiger partial charge in [0.15, 0.2) is 0 Å². The molecule has 0 bridgehead atoms. The predicted octanol–water partition coefficient (Wildman–Crippen LogP) is 9.35. The number of benzene rings is 2. The molecule has 2 aromatic rings. The summed E-state index contributed by atoms with van der Waals surface area (Å²) in [5.41, 5.74) is 5.71. The molecule has 0 saturated heterocycles. The quantitative estimate of drug-likeness (QED) is 0.377. The van der Waals surface area contributed by atoms with Crippen molar-refractivity contribution in [1.29, 1.82) is 0 Å². The number of rotatable bonds is 8. The third-order valence-electron chi connectivity index (χ3n) is 8.19. The molecule has 166 valence electrons. The smallest absolute Gasteiger partial charge is 0.0159 e. The number of allylic oxidation sites excluding steroid dienone is 2. The molecule has 4 rings (SSSR count). The Morgan fingerprint density at radius 2 is 1.48 bits per heavy atom. The second-order valence-corrected chi connectivity index (χ2v) is 10.3. The highest BCUT2D eigenvalue weighted by Gasteiger charge is 2.35. The van der Waals surface area contributed by atoms with E-state index < -0.39 is 0 Å². The van der Waals surface area contributed by atoms with E-state index >= 15 is 0 Å². The maximum Gasteiger partial charge on any atom is -0.0159 e. The van der Waals surface area contributed by atoms with E-state index in [1.54, 1.807) is 5.56 Å². The molecule has 2 fully saturated rings. The van der Waals surface area contributed by atoms with E-state index in [0.717, 1.165) is 36.5 Å². The minimum absolute atomic E-state index is 0.788. The molecular formula is C31H42. The van der Waals surface area contributed by atoms with Gasteiger partial charge in [0, 0.05) is 0 Å². The lowest BCUT2D eigenvalue weighted by Gasteiger charge is -2.42. The van der Waals surface area contributed by atoms with Crippen LogP contribution in [0.4, 0.5) is 0 Å². The van der Waals surface area contributed by atoms with E-state index in [-0.39, 0.29) is 0 Å². The first-order valence-corrected chi connectivity index (χ1v) is 13.1. The Balaban J connectivity index is 1.33. The third-order valence-corrected chi connectivity index (χ3v) is 8.19. The summed E-state index contributed by atoms with van der Waals surface area (Å²) in [6.45, 7) is 4.43. The van der Waals surface area contributed by atoms with E-state index in [1.165, 1.54) is 74.5 Å². The van der Waals surface area contributed by atoms with E-state index in [9.17, 15) is 0 Å². The first-order valence-electron chi connectivity index (χ1n) is 13.1.